The molecule has 1 saturated heterocycles. The fraction of sp³-hybridized carbons (Fsp3) is 0.478. The first-order chi connectivity index (χ1) is 16.5. The number of aromatic nitrogens is 1. The van der Waals surface area contributed by atoms with Crippen molar-refractivity contribution in [3.63, 3.8) is 0 Å². The fourth-order valence-corrected chi connectivity index (χ4v) is 4.37. The second-order valence-corrected chi connectivity index (χ2v) is 8.66. The van der Waals surface area contributed by atoms with Gasteiger partial charge < -0.3 is 25.0 Å². The minimum Gasteiger partial charge on any atom is -0.472 e. The summed E-state index contributed by atoms with van der Waals surface area (Å²) in [7, 11) is 2.81. The maximum absolute atomic E-state index is 12.4. The van der Waals surface area contributed by atoms with E-state index in [1.54, 1.807) is 31.3 Å². The van der Waals surface area contributed by atoms with Crippen LogP contribution in [-0.2, 0) is 11.3 Å². The quantitative estimate of drug-likeness (QED) is 0.328. The Hall–Kier alpha value is -3.18. The molecule has 1 aliphatic heterocycles. The number of likely N-dealkylation sites (tertiary alicyclic amines) is 1. The lowest BCUT2D eigenvalue weighted by atomic mass is 10.1. The predicted molar refractivity (Wildman–Crippen MR) is 130 cm³/mol. The zero-order valence-electron chi connectivity index (χ0n) is 19.5. The number of ether oxygens (including phenoxy) is 2. The zero-order chi connectivity index (χ0) is 24.3. The Morgan fingerprint density at radius 1 is 1.18 bits per heavy atom. The van der Waals surface area contributed by atoms with Crippen molar-refractivity contribution in [3.05, 3.63) is 41.0 Å². The monoisotopic (exact) mass is 489 g/mol. The van der Waals surface area contributed by atoms with E-state index in [0.29, 0.717) is 12.1 Å². The number of benzene rings is 1. The molecule has 0 atom stereocenters. The Morgan fingerprint density at radius 3 is 2.71 bits per heavy atom. The van der Waals surface area contributed by atoms with Gasteiger partial charge in [0.15, 0.2) is 5.56 Å². The lowest BCUT2D eigenvalue weighted by molar-refractivity contribution is 0.0596. The lowest BCUT2D eigenvalue weighted by Gasteiger charge is -2.14. The van der Waals surface area contributed by atoms with E-state index in [4.69, 9.17) is 9.47 Å². The number of rotatable bonds is 11. The molecule has 1 fully saturated rings. The standard InChI is InChI=1S/C23H31N5O5S/c1-24-19(29)17-9-7-8-16(14-17)15-33-20-18(22(30)32-2)21(34-27-20)26-23(31)25-10-3-4-11-28-12-5-6-13-28/h7-9,14H,3-6,10-13,15H2,1-2H3,(H,24,29)(H2,25,26,31). The van der Waals surface area contributed by atoms with Crippen LogP contribution in [0.1, 0.15) is 52.0 Å². The highest BCUT2D eigenvalue weighted by Gasteiger charge is 2.24. The highest BCUT2D eigenvalue weighted by Crippen LogP contribution is 2.32. The van der Waals surface area contributed by atoms with Gasteiger partial charge >= 0.3 is 12.0 Å². The van der Waals surface area contributed by atoms with Crippen molar-refractivity contribution in [1.82, 2.24) is 19.9 Å². The molecule has 1 aromatic heterocycles. The molecule has 0 unspecified atom stereocenters. The van der Waals surface area contributed by atoms with E-state index in [1.807, 2.05) is 0 Å². The molecule has 1 aliphatic rings. The van der Waals surface area contributed by atoms with Crippen LogP contribution in [-0.4, -0.2) is 67.5 Å². The van der Waals surface area contributed by atoms with Gasteiger partial charge in [-0.1, -0.05) is 12.1 Å². The number of carbonyl (C=O) groups excluding carboxylic acids is 3. The third kappa shape index (κ3) is 7.16. The van der Waals surface area contributed by atoms with Crippen molar-refractivity contribution in [2.75, 3.05) is 45.7 Å². The smallest absolute Gasteiger partial charge is 0.346 e. The Kier molecular flexibility index (Phi) is 9.65. The summed E-state index contributed by atoms with van der Waals surface area (Å²) in [5, 5.41) is 8.30. The van der Waals surface area contributed by atoms with E-state index in [0.717, 1.165) is 36.5 Å². The fourth-order valence-electron chi connectivity index (χ4n) is 3.66. The van der Waals surface area contributed by atoms with E-state index in [1.165, 1.54) is 33.0 Å². The van der Waals surface area contributed by atoms with Crippen molar-refractivity contribution < 1.29 is 23.9 Å². The average Bonchev–Trinajstić information content (AvgIpc) is 3.51. The summed E-state index contributed by atoms with van der Waals surface area (Å²) in [6.45, 7) is 4.01. The van der Waals surface area contributed by atoms with Gasteiger partial charge in [-0.05, 0) is 74.5 Å². The summed E-state index contributed by atoms with van der Waals surface area (Å²) < 4.78 is 14.8. The third-order valence-electron chi connectivity index (χ3n) is 5.45. The summed E-state index contributed by atoms with van der Waals surface area (Å²) in [6.07, 6.45) is 4.44. The minimum absolute atomic E-state index is 0.0548. The molecular weight excluding hydrogens is 458 g/mol. The maximum atomic E-state index is 12.4. The molecule has 3 rings (SSSR count). The number of anilines is 1. The van der Waals surface area contributed by atoms with Gasteiger partial charge in [0.1, 0.15) is 11.6 Å². The zero-order valence-corrected chi connectivity index (χ0v) is 20.3. The average molecular weight is 490 g/mol. The summed E-state index contributed by atoms with van der Waals surface area (Å²) in [4.78, 5) is 38.9. The van der Waals surface area contributed by atoms with Crippen LogP contribution >= 0.6 is 11.5 Å². The Labute approximate surface area is 203 Å². The van der Waals surface area contributed by atoms with Crippen molar-refractivity contribution in [1.29, 1.82) is 0 Å². The third-order valence-corrected chi connectivity index (χ3v) is 6.20. The number of amides is 3. The number of carbonyl (C=O) groups is 3. The maximum Gasteiger partial charge on any atom is 0.346 e. The normalized spacial score (nSPS) is 13.4. The SMILES string of the molecule is CNC(=O)c1cccc(COc2nsc(NC(=O)NCCCCN3CCCC3)c2C(=O)OC)c1. The molecule has 0 radical (unpaired) electrons. The van der Waals surface area contributed by atoms with Crippen LogP contribution in [0.2, 0.25) is 0 Å². The number of hydrogen-bond donors (Lipinski definition) is 3. The largest absolute Gasteiger partial charge is 0.472 e. The number of unbranched alkanes of at least 4 members (excludes halogenated alkanes) is 1. The number of urea groups is 1. The summed E-state index contributed by atoms with van der Waals surface area (Å²) in [6, 6.07) is 6.51. The van der Waals surface area contributed by atoms with E-state index in [-0.39, 0.29) is 29.0 Å². The molecular formula is C23H31N5O5S. The van der Waals surface area contributed by atoms with E-state index >= 15 is 0 Å². The van der Waals surface area contributed by atoms with Gasteiger partial charge in [0.05, 0.1) is 7.11 Å². The van der Waals surface area contributed by atoms with Gasteiger partial charge in [0, 0.05) is 19.2 Å². The van der Waals surface area contributed by atoms with Gasteiger partial charge in [0.2, 0.25) is 5.88 Å². The number of methoxy groups -OCH3 is 1. The Bertz CT molecular complexity index is 990. The first-order valence-electron chi connectivity index (χ1n) is 11.3. The van der Waals surface area contributed by atoms with Crippen molar-refractivity contribution >= 4 is 34.4 Å². The van der Waals surface area contributed by atoms with Crippen molar-refractivity contribution in [2.24, 2.45) is 0 Å². The van der Waals surface area contributed by atoms with Gasteiger partial charge in [-0.3, -0.25) is 10.1 Å². The van der Waals surface area contributed by atoms with Crippen LogP contribution in [0.4, 0.5) is 9.80 Å². The molecule has 0 spiro atoms. The highest BCUT2D eigenvalue weighted by molar-refractivity contribution is 7.11. The molecule has 184 valence electrons. The number of esters is 1. The van der Waals surface area contributed by atoms with Gasteiger partial charge in [-0.2, -0.15) is 4.37 Å². The molecule has 0 saturated carbocycles. The van der Waals surface area contributed by atoms with E-state index in [2.05, 4.69) is 25.2 Å². The van der Waals surface area contributed by atoms with Crippen LogP contribution in [0.15, 0.2) is 24.3 Å². The second kappa shape index (κ2) is 12.9. The van der Waals surface area contributed by atoms with Crippen LogP contribution in [0, 0.1) is 0 Å². The van der Waals surface area contributed by atoms with Crippen LogP contribution < -0.4 is 20.7 Å². The number of hydrogen-bond acceptors (Lipinski definition) is 8. The number of nitrogens with zero attached hydrogens (tertiary/aromatic N) is 2. The Balaban J connectivity index is 1.54. The summed E-state index contributed by atoms with van der Waals surface area (Å²) in [5.74, 6) is -0.814. The first kappa shape index (κ1) is 25.4. The lowest BCUT2D eigenvalue weighted by Crippen LogP contribution is -2.30. The Morgan fingerprint density at radius 2 is 1.97 bits per heavy atom. The molecule has 3 N–H and O–H groups in total. The molecule has 3 amide bonds. The first-order valence-corrected chi connectivity index (χ1v) is 12.1. The minimum atomic E-state index is -0.663. The predicted octanol–water partition coefficient (Wildman–Crippen LogP) is 2.87. The molecule has 34 heavy (non-hydrogen) atoms. The van der Waals surface area contributed by atoms with Gasteiger partial charge in [-0.25, -0.2) is 9.59 Å². The van der Waals surface area contributed by atoms with Crippen LogP contribution in [0.25, 0.3) is 0 Å². The second-order valence-electron chi connectivity index (χ2n) is 7.89. The molecule has 11 heteroatoms. The molecule has 2 heterocycles. The van der Waals surface area contributed by atoms with Gasteiger partial charge in [-0.15, -0.1) is 0 Å². The van der Waals surface area contributed by atoms with Crippen molar-refractivity contribution in [3.8, 4) is 5.88 Å². The van der Waals surface area contributed by atoms with Gasteiger partial charge in [0.25, 0.3) is 5.91 Å². The molecule has 0 aliphatic carbocycles. The van der Waals surface area contributed by atoms with E-state index in [9.17, 15) is 14.4 Å². The van der Waals surface area contributed by atoms with Crippen LogP contribution in [0.5, 0.6) is 5.88 Å². The van der Waals surface area contributed by atoms with E-state index < -0.39 is 12.0 Å². The highest BCUT2D eigenvalue weighted by atomic mass is 32.1. The molecule has 1 aromatic carbocycles. The number of nitrogens with one attached hydrogen (secondary N) is 3. The van der Waals surface area contributed by atoms with Crippen molar-refractivity contribution in [2.45, 2.75) is 32.3 Å². The molecule has 2 aromatic rings. The molecule has 10 nitrogen and oxygen atoms in total. The topological polar surface area (TPSA) is 122 Å². The summed E-state index contributed by atoms with van der Waals surface area (Å²) in [5.41, 5.74) is 1.28. The summed E-state index contributed by atoms with van der Waals surface area (Å²) >= 11 is 0.937. The van der Waals surface area contributed by atoms with Crippen LogP contribution in [0.3, 0.4) is 0 Å². The molecule has 0 bridgehead atoms.